The van der Waals surface area contributed by atoms with Gasteiger partial charge >= 0.3 is 0 Å². The number of hydrogen-bond acceptors (Lipinski definition) is 2. The van der Waals surface area contributed by atoms with Crippen LogP contribution in [0.5, 0.6) is 0 Å². The summed E-state index contributed by atoms with van der Waals surface area (Å²) in [5.41, 5.74) is 14.5. The number of aromatic nitrogens is 1. The highest BCUT2D eigenvalue weighted by Crippen LogP contribution is 2.29. The molecule has 0 spiro atoms. The fourth-order valence-electron chi connectivity index (χ4n) is 5.68. The van der Waals surface area contributed by atoms with Crippen molar-refractivity contribution in [3.8, 4) is 10.6 Å². The predicted molar refractivity (Wildman–Crippen MR) is 151 cm³/mol. The van der Waals surface area contributed by atoms with Crippen LogP contribution in [0.3, 0.4) is 0 Å². The zero-order valence-corrected chi connectivity index (χ0v) is 21.7. The Labute approximate surface area is 207 Å². The van der Waals surface area contributed by atoms with Gasteiger partial charge in [0.25, 0.3) is 0 Å². The lowest BCUT2D eigenvalue weighted by atomic mass is 9.33. The number of benzene rings is 4. The first-order valence-corrected chi connectivity index (χ1v) is 12.8. The average Bonchev–Trinajstić information content (AvgIpc) is 3.21. The van der Waals surface area contributed by atoms with Gasteiger partial charge in [0.2, 0.25) is 6.71 Å². The highest BCUT2D eigenvalue weighted by atomic mass is 32.1. The van der Waals surface area contributed by atoms with Gasteiger partial charge in [-0.05, 0) is 53.7 Å². The number of hydrogen-bond donors (Lipinski definition) is 0. The van der Waals surface area contributed by atoms with Gasteiger partial charge in [-0.1, -0.05) is 110 Å². The van der Waals surface area contributed by atoms with Crippen molar-refractivity contribution >= 4 is 44.7 Å². The minimum Gasteiger partial charge on any atom is -0.236 e. The first-order valence-electron chi connectivity index (χ1n) is 11.9. The zero-order valence-electron chi connectivity index (χ0n) is 20.9. The van der Waals surface area contributed by atoms with Gasteiger partial charge in [-0.25, -0.2) is 4.98 Å². The Morgan fingerprint density at radius 2 is 1.12 bits per heavy atom. The Morgan fingerprint density at radius 3 is 1.68 bits per heavy atom. The predicted octanol–water partition coefficient (Wildman–Crippen LogP) is 6.33. The minimum absolute atomic E-state index is 0.143. The SMILES string of the molecule is Cc1cc(C)c(B(c2ccccc2-c2nc3ccccc3s2)c2c(C)cc(C)cc2C)c(C)c1. The van der Waals surface area contributed by atoms with Crippen molar-refractivity contribution in [3.63, 3.8) is 0 Å². The Bertz CT molecular complexity index is 1390. The summed E-state index contributed by atoms with van der Waals surface area (Å²) in [6.07, 6.45) is 0. The Kier molecular flexibility index (Phi) is 5.91. The summed E-state index contributed by atoms with van der Waals surface area (Å²) < 4.78 is 1.23. The molecule has 0 aliphatic carbocycles. The van der Waals surface area contributed by atoms with Gasteiger partial charge in [0, 0.05) is 5.56 Å². The van der Waals surface area contributed by atoms with Crippen molar-refractivity contribution in [2.24, 2.45) is 0 Å². The fraction of sp³-hybridized carbons (Fsp3) is 0.194. The molecule has 5 rings (SSSR count). The van der Waals surface area contributed by atoms with Gasteiger partial charge in [0.1, 0.15) is 5.01 Å². The van der Waals surface area contributed by atoms with E-state index < -0.39 is 0 Å². The highest BCUT2D eigenvalue weighted by molar-refractivity contribution is 7.21. The molecule has 0 atom stereocenters. The van der Waals surface area contributed by atoms with Crippen LogP contribution in [0.2, 0.25) is 0 Å². The molecule has 1 aromatic heterocycles. The van der Waals surface area contributed by atoms with E-state index in [-0.39, 0.29) is 6.71 Å². The molecule has 0 bridgehead atoms. The largest absolute Gasteiger partial charge is 0.243 e. The number of aryl methyl sites for hydroxylation is 6. The van der Waals surface area contributed by atoms with E-state index in [9.17, 15) is 0 Å². The molecule has 0 radical (unpaired) electrons. The van der Waals surface area contributed by atoms with Crippen molar-refractivity contribution < 1.29 is 0 Å². The number of para-hydroxylation sites is 1. The van der Waals surface area contributed by atoms with Crippen LogP contribution in [0.15, 0.2) is 72.8 Å². The molecule has 168 valence electrons. The molecule has 0 fully saturated rings. The lowest BCUT2D eigenvalue weighted by Crippen LogP contribution is -2.56. The third kappa shape index (κ3) is 3.99. The van der Waals surface area contributed by atoms with Crippen molar-refractivity contribution in [1.82, 2.24) is 4.98 Å². The van der Waals surface area contributed by atoms with Gasteiger partial charge in [-0.2, -0.15) is 0 Å². The monoisotopic (exact) mass is 459 g/mol. The minimum atomic E-state index is 0.143. The summed E-state index contributed by atoms with van der Waals surface area (Å²) in [5, 5.41) is 1.09. The average molecular weight is 459 g/mol. The molecule has 1 nitrogen and oxygen atoms in total. The second-order valence-corrected chi connectivity index (χ2v) is 10.7. The van der Waals surface area contributed by atoms with E-state index >= 15 is 0 Å². The standard InChI is InChI=1S/C31H30BNS/c1-19-15-21(3)29(22(4)16-19)32(30-23(5)17-20(2)18-24(30)6)26-12-8-7-11-25(26)31-33-27-13-9-10-14-28(27)34-31/h7-18H,1-6H3. The maximum Gasteiger partial charge on any atom is 0.243 e. The van der Waals surface area contributed by atoms with Crippen LogP contribution in [0.1, 0.15) is 33.4 Å². The van der Waals surface area contributed by atoms with E-state index in [0.29, 0.717) is 0 Å². The Balaban J connectivity index is 1.83. The lowest BCUT2D eigenvalue weighted by Gasteiger charge is -2.26. The molecule has 0 aliphatic rings. The molecule has 4 aromatic carbocycles. The molecular weight excluding hydrogens is 429 g/mol. The summed E-state index contributed by atoms with van der Waals surface area (Å²) in [7, 11) is 0. The molecule has 0 saturated carbocycles. The second kappa shape index (κ2) is 8.89. The quantitative estimate of drug-likeness (QED) is 0.286. The number of fused-ring (bicyclic) bond motifs is 1. The second-order valence-electron chi connectivity index (χ2n) is 9.63. The van der Waals surface area contributed by atoms with Crippen LogP contribution >= 0.6 is 11.3 Å². The molecule has 3 heteroatoms. The first kappa shape index (κ1) is 22.6. The maximum atomic E-state index is 5.05. The van der Waals surface area contributed by atoms with Crippen molar-refractivity contribution in [2.45, 2.75) is 41.5 Å². The third-order valence-electron chi connectivity index (χ3n) is 6.85. The normalized spacial score (nSPS) is 11.2. The van der Waals surface area contributed by atoms with E-state index in [0.717, 1.165) is 10.5 Å². The van der Waals surface area contributed by atoms with Gasteiger partial charge in [-0.15, -0.1) is 11.3 Å². The Hall–Kier alpha value is -3.17. The van der Waals surface area contributed by atoms with E-state index in [1.807, 2.05) is 0 Å². The van der Waals surface area contributed by atoms with E-state index in [1.165, 1.54) is 60.0 Å². The van der Waals surface area contributed by atoms with Gasteiger partial charge in [-0.3, -0.25) is 0 Å². The van der Waals surface area contributed by atoms with Gasteiger partial charge < -0.3 is 0 Å². The first-order chi connectivity index (χ1) is 16.3. The van der Waals surface area contributed by atoms with E-state index in [4.69, 9.17) is 4.98 Å². The van der Waals surface area contributed by atoms with Crippen molar-refractivity contribution in [1.29, 1.82) is 0 Å². The van der Waals surface area contributed by atoms with Crippen LogP contribution in [-0.4, -0.2) is 11.7 Å². The molecule has 0 N–H and O–H groups in total. The van der Waals surface area contributed by atoms with Crippen molar-refractivity contribution in [3.05, 3.63) is 106 Å². The third-order valence-corrected chi connectivity index (χ3v) is 7.92. The molecule has 0 unspecified atom stereocenters. The van der Waals surface area contributed by atoms with E-state index in [2.05, 4.69) is 114 Å². The summed E-state index contributed by atoms with van der Waals surface area (Å²) in [6.45, 7) is 13.6. The van der Waals surface area contributed by atoms with Crippen LogP contribution in [0.4, 0.5) is 0 Å². The van der Waals surface area contributed by atoms with Crippen LogP contribution < -0.4 is 16.4 Å². The number of nitrogens with zero attached hydrogens (tertiary/aromatic N) is 1. The molecule has 1 heterocycles. The van der Waals surface area contributed by atoms with E-state index in [1.54, 1.807) is 11.3 Å². The van der Waals surface area contributed by atoms with Crippen LogP contribution in [0, 0.1) is 41.5 Å². The molecule has 0 saturated heterocycles. The topological polar surface area (TPSA) is 12.9 Å². The summed E-state index contributed by atoms with van der Waals surface area (Å²) in [4.78, 5) is 5.05. The van der Waals surface area contributed by atoms with Crippen molar-refractivity contribution in [2.75, 3.05) is 0 Å². The molecular formula is C31H30BNS. The van der Waals surface area contributed by atoms with Gasteiger partial charge in [0.05, 0.1) is 10.2 Å². The molecule has 34 heavy (non-hydrogen) atoms. The molecule has 5 aromatic rings. The maximum absolute atomic E-state index is 5.05. The van der Waals surface area contributed by atoms with Crippen LogP contribution in [0.25, 0.3) is 20.8 Å². The lowest BCUT2D eigenvalue weighted by molar-refractivity contribution is 1.34. The zero-order chi connectivity index (χ0) is 24.0. The molecule has 0 amide bonds. The van der Waals surface area contributed by atoms with Gasteiger partial charge in [0.15, 0.2) is 0 Å². The summed E-state index contributed by atoms with van der Waals surface area (Å²) in [5.74, 6) is 0. The smallest absolute Gasteiger partial charge is 0.236 e. The van der Waals surface area contributed by atoms with Crippen LogP contribution in [-0.2, 0) is 0 Å². The highest BCUT2D eigenvalue weighted by Gasteiger charge is 2.30. The Morgan fingerprint density at radius 1 is 0.618 bits per heavy atom. The number of rotatable bonds is 4. The molecule has 0 aliphatic heterocycles. The summed E-state index contributed by atoms with van der Waals surface area (Å²) in [6, 6.07) is 26.6. The number of thiazole rings is 1. The fourth-order valence-corrected chi connectivity index (χ4v) is 6.69. The summed E-state index contributed by atoms with van der Waals surface area (Å²) >= 11 is 1.78.